The minimum absolute atomic E-state index is 0.757. The molecule has 0 saturated carbocycles. The van der Waals surface area contributed by atoms with Gasteiger partial charge in [0.15, 0.2) is 0 Å². The molecule has 2 nitrogen and oxygen atoms in total. The van der Waals surface area contributed by atoms with Crippen molar-refractivity contribution >= 4 is 11.8 Å². The fourth-order valence-corrected chi connectivity index (χ4v) is 2.53. The average Bonchev–Trinajstić information content (AvgIpc) is 2.25. The van der Waals surface area contributed by atoms with Crippen molar-refractivity contribution in [2.24, 2.45) is 0 Å². The molecule has 0 bridgehead atoms. The van der Waals surface area contributed by atoms with Gasteiger partial charge in [-0.05, 0) is 33.0 Å². The maximum atomic E-state index is 3.72. The van der Waals surface area contributed by atoms with Crippen LogP contribution in [0, 0.1) is 0 Å². The number of nitrogens with zero attached hydrogens (tertiary/aromatic N) is 1. The standard InChI is InChI=1S/C11H22N2S/c1-3-9-14-10-8-13-6-4-11(12-2)5-7-13/h3,11-12H,1,4-10H2,2H3. The molecule has 1 N–H and O–H groups in total. The highest BCUT2D eigenvalue weighted by Crippen LogP contribution is 2.10. The van der Waals surface area contributed by atoms with Crippen molar-refractivity contribution in [3.05, 3.63) is 12.7 Å². The summed E-state index contributed by atoms with van der Waals surface area (Å²) in [6, 6.07) is 0.757. The van der Waals surface area contributed by atoms with Gasteiger partial charge < -0.3 is 10.2 Å². The van der Waals surface area contributed by atoms with Gasteiger partial charge >= 0.3 is 0 Å². The zero-order valence-corrected chi connectivity index (χ0v) is 9.98. The number of piperidine rings is 1. The summed E-state index contributed by atoms with van der Waals surface area (Å²) in [5, 5.41) is 3.36. The molecule has 0 spiro atoms. The quantitative estimate of drug-likeness (QED) is 0.534. The molecule has 0 radical (unpaired) electrons. The maximum absolute atomic E-state index is 3.72. The Kier molecular flexibility index (Phi) is 6.32. The predicted molar refractivity (Wildman–Crippen MR) is 66.0 cm³/mol. The van der Waals surface area contributed by atoms with Gasteiger partial charge in [-0.15, -0.1) is 6.58 Å². The van der Waals surface area contributed by atoms with Crippen molar-refractivity contribution in [3.63, 3.8) is 0 Å². The third kappa shape index (κ3) is 4.49. The summed E-state index contributed by atoms with van der Waals surface area (Å²) in [6.07, 6.45) is 4.60. The minimum Gasteiger partial charge on any atom is -0.317 e. The Morgan fingerprint density at radius 2 is 2.21 bits per heavy atom. The van der Waals surface area contributed by atoms with Crippen LogP contribution >= 0.6 is 11.8 Å². The normalized spacial score (nSPS) is 19.8. The van der Waals surface area contributed by atoms with Crippen molar-refractivity contribution in [1.29, 1.82) is 0 Å². The third-order valence-corrected chi connectivity index (χ3v) is 3.73. The third-order valence-electron chi connectivity index (χ3n) is 2.78. The Morgan fingerprint density at radius 1 is 1.50 bits per heavy atom. The highest BCUT2D eigenvalue weighted by atomic mass is 32.2. The van der Waals surface area contributed by atoms with Crippen LogP contribution in [0.15, 0.2) is 12.7 Å². The van der Waals surface area contributed by atoms with Crippen LogP contribution < -0.4 is 5.32 Å². The Morgan fingerprint density at radius 3 is 2.79 bits per heavy atom. The average molecular weight is 214 g/mol. The van der Waals surface area contributed by atoms with Gasteiger partial charge in [-0.1, -0.05) is 6.08 Å². The molecule has 0 aliphatic carbocycles. The number of thioether (sulfide) groups is 1. The van der Waals surface area contributed by atoms with E-state index < -0.39 is 0 Å². The van der Waals surface area contributed by atoms with Gasteiger partial charge in [-0.25, -0.2) is 0 Å². The summed E-state index contributed by atoms with van der Waals surface area (Å²) in [4.78, 5) is 2.57. The topological polar surface area (TPSA) is 15.3 Å². The maximum Gasteiger partial charge on any atom is 0.0111 e. The second-order valence-electron chi connectivity index (χ2n) is 3.77. The second kappa shape index (κ2) is 7.32. The first-order valence-corrected chi connectivity index (χ1v) is 6.60. The molecule has 3 heteroatoms. The first-order valence-electron chi connectivity index (χ1n) is 5.45. The molecule has 0 aromatic heterocycles. The Balaban J connectivity index is 2.01. The lowest BCUT2D eigenvalue weighted by molar-refractivity contribution is 0.212. The van der Waals surface area contributed by atoms with E-state index in [2.05, 4.69) is 23.8 Å². The van der Waals surface area contributed by atoms with E-state index in [1.54, 1.807) is 0 Å². The number of likely N-dealkylation sites (tertiary alicyclic amines) is 1. The van der Waals surface area contributed by atoms with Gasteiger partial charge in [0.05, 0.1) is 0 Å². The van der Waals surface area contributed by atoms with Crippen LogP contribution in [-0.4, -0.2) is 49.1 Å². The lowest BCUT2D eigenvalue weighted by atomic mass is 10.1. The van der Waals surface area contributed by atoms with Crippen LogP contribution in [0.5, 0.6) is 0 Å². The van der Waals surface area contributed by atoms with Crippen LogP contribution in [0.3, 0.4) is 0 Å². The van der Waals surface area contributed by atoms with Crippen molar-refractivity contribution < 1.29 is 0 Å². The first-order chi connectivity index (χ1) is 6.86. The number of rotatable bonds is 6. The van der Waals surface area contributed by atoms with Crippen molar-refractivity contribution in [1.82, 2.24) is 10.2 Å². The fraction of sp³-hybridized carbons (Fsp3) is 0.818. The van der Waals surface area contributed by atoms with E-state index in [9.17, 15) is 0 Å². The van der Waals surface area contributed by atoms with Gasteiger partial charge in [-0.3, -0.25) is 0 Å². The van der Waals surface area contributed by atoms with Crippen LogP contribution in [0.4, 0.5) is 0 Å². The SMILES string of the molecule is C=CCSCCN1CCC(NC)CC1. The highest BCUT2D eigenvalue weighted by molar-refractivity contribution is 7.99. The van der Waals surface area contributed by atoms with E-state index in [0.29, 0.717) is 0 Å². The van der Waals surface area contributed by atoms with Crippen LogP contribution in [0.25, 0.3) is 0 Å². The van der Waals surface area contributed by atoms with Crippen LogP contribution in [0.2, 0.25) is 0 Å². The summed E-state index contributed by atoms with van der Waals surface area (Å²) in [6.45, 7) is 7.50. The largest absolute Gasteiger partial charge is 0.317 e. The number of hydrogen-bond donors (Lipinski definition) is 1. The minimum atomic E-state index is 0.757. The van der Waals surface area contributed by atoms with E-state index in [1.807, 2.05) is 17.8 Å². The Bertz CT molecular complexity index is 153. The molecule has 0 atom stereocenters. The molecule has 0 aromatic rings. The molecule has 1 rings (SSSR count). The zero-order chi connectivity index (χ0) is 10.2. The fourth-order valence-electron chi connectivity index (χ4n) is 1.81. The summed E-state index contributed by atoms with van der Waals surface area (Å²) >= 11 is 1.98. The smallest absolute Gasteiger partial charge is 0.0111 e. The van der Waals surface area contributed by atoms with E-state index in [0.717, 1.165) is 11.8 Å². The molecular formula is C11H22N2S. The van der Waals surface area contributed by atoms with Crippen molar-refractivity contribution in [3.8, 4) is 0 Å². The molecule has 1 fully saturated rings. The van der Waals surface area contributed by atoms with E-state index >= 15 is 0 Å². The van der Waals surface area contributed by atoms with Crippen molar-refractivity contribution in [2.45, 2.75) is 18.9 Å². The number of nitrogens with one attached hydrogen (secondary N) is 1. The summed E-state index contributed by atoms with van der Waals surface area (Å²) in [7, 11) is 2.07. The van der Waals surface area contributed by atoms with Gasteiger partial charge in [-0.2, -0.15) is 11.8 Å². The molecule has 0 unspecified atom stereocenters. The molecule has 0 amide bonds. The summed E-state index contributed by atoms with van der Waals surface area (Å²) < 4.78 is 0. The Labute approximate surface area is 92.1 Å². The molecule has 1 heterocycles. The van der Waals surface area contributed by atoms with E-state index in [4.69, 9.17) is 0 Å². The molecule has 14 heavy (non-hydrogen) atoms. The lowest BCUT2D eigenvalue weighted by Gasteiger charge is -2.31. The van der Waals surface area contributed by atoms with Crippen LogP contribution in [0.1, 0.15) is 12.8 Å². The summed E-state index contributed by atoms with van der Waals surface area (Å²) in [5.41, 5.74) is 0. The Hall–Kier alpha value is 0.01000. The van der Waals surface area contributed by atoms with Gasteiger partial charge in [0.1, 0.15) is 0 Å². The first kappa shape index (κ1) is 12.1. The monoisotopic (exact) mass is 214 g/mol. The summed E-state index contributed by atoms with van der Waals surface area (Å²) in [5.74, 6) is 2.34. The van der Waals surface area contributed by atoms with Gasteiger partial charge in [0, 0.05) is 24.1 Å². The zero-order valence-electron chi connectivity index (χ0n) is 9.17. The molecule has 0 aromatic carbocycles. The predicted octanol–water partition coefficient (Wildman–Crippen LogP) is 1.59. The molecule has 1 saturated heterocycles. The molecule has 1 aliphatic heterocycles. The number of hydrogen-bond acceptors (Lipinski definition) is 3. The molecule has 1 aliphatic rings. The lowest BCUT2D eigenvalue weighted by Crippen LogP contribution is -2.41. The van der Waals surface area contributed by atoms with E-state index in [1.165, 1.54) is 38.2 Å². The molecular weight excluding hydrogens is 192 g/mol. The van der Waals surface area contributed by atoms with Crippen LogP contribution in [-0.2, 0) is 0 Å². The van der Waals surface area contributed by atoms with Crippen molar-refractivity contribution in [2.75, 3.05) is 38.2 Å². The highest BCUT2D eigenvalue weighted by Gasteiger charge is 2.16. The van der Waals surface area contributed by atoms with Gasteiger partial charge in [0.2, 0.25) is 0 Å². The van der Waals surface area contributed by atoms with E-state index in [-0.39, 0.29) is 0 Å². The van der Waals surface area contributed by atoms with Gasteiger partial charge in [0.25, 0.3) is 0 Å². The molecule has 82 valence electrons. The second-order valence-corrected chi connectivity index (χ2v) is 4.92.